The van der Waals surface area contributed by atoms with Gasteiger partial charge in [0.2, 0.25) is 0 Å². The van der Waals surface area contributed by atoms with E-state index in [9.17, 15) is 5.11 Å². The Hall–Kier alpha value is -0.160. The van der Waals surface area contributed by atoms with E-state index in [1.165, 1.54) is 6.42 Å². The van der Waals surface area contributed by atoms with E-state index in [0.29, 0.717) is 6.04 Å². The first-order valence-corrected chi connectivity index (χ1v) is 6.16. The van der Waals surface area contributed by atoms with E-state index >= 15 is 0 Å². The van der Waals surface area contributed by atoms with Crippen LogP contribution in [-0.2, 0) is 0 Å². The lowest BCUT2D eigenvalue weighted by atomic mass is 9.94. The molecule has 4 N–H and O–H groups in total. The lowest BCUT2D eigenvalue weighted by Crippen LogP contribution is -2.45. The summed E-state index contributed by atoms with van der Waals surface area (Å²) in [5.41, 5.74) is -0.480. The van der Waals surface area contributed by atoms with E-state index in [4.69, 9.17) is 0 Å². The first-order chi connectivity index (χ1) is 7.29. The molecule has 0 spiro atoms. The molecule has 0 aliphatic carbocycles. The fraction of sp³-hybridized carbons (Fsp3) is 1.00. The van der Waals surface area contributed by atoms with Gasteiger partial charge in [0.25, 0.3) is 0 Å². The average Bonchev–Trinajstić information content (AvgIpc) is 2.65. The summed E-state index contributed by atoms with van der Waals surface area (Å²) in [5.74, 6) is 0. The lowest BCUT2D eigenvalue weighted by Gasteiger charge is -2.28. The molecule has 4 heteroatoms. The predicted molar refractivity (Wildman–Crippen MR) is 60.9 cm³/mol. The van der Waals surface area contributed by atoms with Crippen LogP contribution in [0.1, 0.15) is 25.7 Å². The van der Waals surface area contributed by atoms with Crippen LogP contribution in [0.5, 0.6) is 0 Å². The minimum atomic E-state index is -0.480. The van der Waals surface area contributed by atoms with E-state index in [1.807, 2.05) is 0 Å². The van der Waals surface area contributed by atoms with Crippen molar-refractivity contribution in [2.45, 2.75) is 37.3 Å². The third kappa shape index (κ3) is 3.41. The molecule has 0 aromatic heterocycles. The van der Waals surface area contributed by atoms with Crippen molar-refractivity contribution in [1.82, 2.24) is 16.0 Å². The molecule has 2 aliphatic heterocycles. The van der Waals surface area contributed by atoms with Crippen molar-refractivity contribution in [3.05, 3.63) is 0 Å². The van der Waals surface area contributed by atoms with E-state index in [0.717, 1.165) is 52.0 Å². The summed E-state index contributed by atoms with van der Waals surface area (Å²) in [6.45, 7) is 4.90. The zero-order chi connectivity index (χ0) is 10.6. The second kappa shape index (κ2) is 5.25. The van der Waals surface area contributed by atoms with Gasteiger partial charge >= 0.3 is 0 Å². The van der Waals surface area contributed by atoms with Gasteiger partial charge in [0.05, 0.1) is 5.60 Å². The van der Waals surface area contributed by atoms with Crippen molar-refractivity contribution in [2.24, 2.45) is 0 Å². The maximum absolute atomic E-state index is 10.4. The molecule has 0 aromatic rings. The van der Waals surface area contributed by atoms with Crippen LogP contribution in [0.25, 0.3) is 0 Å². The largest absolute Gasteiger partial charge is 0.389 e. The van der Waals surface area contributed by atoms with Gasteiger partial charge < -0.3 is 21.1 Å². The second-order valence-electron chi connectivity index (χ2n) is 4.90. The van der Waals surface area contributed by atoms with Gasteiger partial charge in [-0.1, -0.05) is 0 Å². The Labute approximate surface area is 91.8 Å². The number of hydrogen-bond donors (Lipinski definition) is 4. The minimum absolute atomic E-state index is 0.480. The Morgan fingerprint density at radius 3 is 2.93 bits per heavy atom. The van der Waals surface area contributed by atoms with Crippen molar-refractivity contribution in [3.63, 3.8) is 0 Å². The molecule has 4 nitrogen and oxygen atoms in total. The minimum Gasteiger partial charge on any atom is -0.389 e. The van der Waals surface area contributed by atoms with Gasteiger partial charge in [-0.05, 0) is 45.3 Å². The molecule has 0 aromatic carbocycles. The van der Waals surface area contributed by atoms with Crippen LogP contribution in [0.4, 0.5) is 0 Å². The summed E-state index contributed by atoms with van der Waals surface area (Å²) in [5, 5.41) is 20.5. The van der Waals surface area contributed by atoms with Gasteiger partial charge in [0, 0.05) is 19.1 Å². The average molecular weight is 213 g/mol. The third-order valence-electron chi connectivity index (χ3n) is 3.54. The van der Waals surface area contributed by atoms with Gasteiger partial charge in [-0.15, -0.1) is 0 Å². The first-order valence-electron chi connectivity index (χ1n) is 6.16. The topological polar surface area (TPSA) is 56.3 Å². The molecule has 0 saturated carbocycles. The van der Waals surface area contributed by atoms with Gasteiger partial charge in [-0.2, -0.15) is 0 Å². The Bertz CT molecular complexity index is 184. The third-order valence-corrected chi connectivity index (χ3v) is 3.54. The van der Waals surface area contributed by atoms with Crippen LogP contribution >= 0.6 is 0 Å². The van der Waals surface area contributed by atoms with Gasteiger partial charge in [0.1, 0.15) is 0 Å². The first kappa shape index (κ1) is 11.3. The van der Waals surface area contributed by atoms with Crippen molar-refractivity contribution in [2.75, 3.05) is 32.7 Å². The van der Waals surface area contributed by atoms with Crippen molar-refractivity contribution >= 4 is 0 Å². The fourth-order valence-electron chi connectivity index (χ4n) is 2.45. The quantitative estimate of drug-likeness (QED) is 0.508. The molecular weight excluding hydrogens is 190 g/mol. The smallest absolute Gasteiger partial charge is 0.0784 e. The molecule has 88 valence electrons. The number of rotatable bonds is 3. The Kier molecular flexibility index (Phi) is 3.97. The molecule has 2 unspecified atom stereocenters. The number of hydrogen-bond acceptors (Lipinski definition) is 4. The summed E-state index contributed by atoms with van der Waals surface area (Å²) in [6, 6.07) is 0.560. The lowest BCUT2D eigenvalue weighted by molar-refractivity contribution is 0.0263. The number of nitrogens with one attached hydrogen (secondary N) is 3. The molecule has 15 heavy (non-hydrogen) atoms. The Morgan fingerprint density at radius 2 is 2.13 bits per heavy atom. The molecule has 2 aliphatic rings. The molecule has 2 saturated heterocycles. The summed E-state index contributed by atoms with van der Waals surface area (Å²) < 4.78 is 0. The highest BCUT2D eigenvalue weighted by Crippen LogP contribution is 2.18. The zero-order valence-corrected chi connectivity index (χ0v) is 9.39. The van der Waals surface area contributed by atoms with E-state index in [2.05, 4.69) is 16.0 Å². The van der Waals surface area contributed by atoms with Gasteiger partial charge in [-0.25, -0.2) is 0 Å². The molecule has 0 bridgehead atoms. The second-order valence-corrected chi connectivity index (χ2v) is 4.90. The van der Waals surface area contributed by atoms with Crippen LogP contribution in [0, 0.1) is 0 Å². The standard InChI is InChI=1S/C11H23N3O/c15-11(3-1-5-12-7-4-11)9-14-10-2-6-13-8-10/h10,12-15H,1-9H2. The van der Waals surface area contributed by atoms with Gasteiger partial charge in [-0.3, -0.25) is 0 Å². The molecule has 2 heterocycles. The van der Waals surface area contributed by atoms with Crippen LogP contribution in [0.2, 0.25) is 0 Å². The molecule has 2 fully saturated rings. The molecule has 0 amide bonds. The molecule has 2 atom stereocenters. The Balaban J connectivity index is 1.75. The summed E-state index contributed by atoms with van der Waals surface area (Å²) >= 11 is 0. The highest BCUT2D eigenvalue weighted by Gasteiger charge is 2.28. The monoisotopic (exact) mass is 213 g/mol. The summed E-state index contributed by atoms with van der Waals surface area (Å²) in [6.07, 6.45) is 4.07. The van der Waals surface area contributed by atoms with Crippen molar-refractivity contribution < 1.29 is 5.11 Å². The highest BCUT2D eigenvalue weighted by atomic mass is 16.3. The maximum atomic E-state index is 10.4. The van der Waals surface area contributed by atoms with Crippen LogP contribution in [-0.4, -0.2) is 49.5 Å². The fourth-order valence-corrected chi connectivity index (χ4v) is 2.45. The molecule has 0 radical (unpaired) electrons. The van der Waals surface area contributed by atoms with E-state index in [-0.39, 0.29) is 0 Å². The summed E-state index contributed by atoms with van der Waals surface area (Å²) in [4.78, 5) is 0. The SMILES string of the molecule is OC1(CNC2CCNC2)CCCNCC1. The van der Waals surface area contributed by atoms with Crippen molar-refractivity contribution in [1.29, 1.82) is 0 Å². The zero-order valence-electron chi connectivity index (χ0n) is 9.39. The van der Waals surface area contributed by atoms with Crippen LogP contribution in [0.3, 0.4) is 0 Å². The highest BCUT2D eigenvalue weighted by molar-refractivity contribution is 4.87. The normalized spacial score (nSPS) is 37.8. The van der Waals surface area contributed by atoms with E-state index in [1.54, 1.807) is 0 Å². The summed E-state index contributed by atoms with van der Waals surface area (Å²) in [7, 11) is 0. The van der Waals surface area contributed by atoms with Crippen molar-refractivity contribution in [3.8, 4) is 0 Å². The Morgan fingerprint density at radius 1 is 1.20 bits per heavy atom. The van der Waals surface area contributed by atoms with Crippen LogP contribution in [0.15, 0.2) is 0 Å². The predicted octanol–water partition coefficient (Wildman–Crippen LogP) is -0.557. The van der Waals surface area contributed by atoms with Gasteiger partial charge in [0.15, 0.2) is 0 Å². The maximum Gasteiger partial charge on any atom is 0.0784 e. The molecule has 2 rings (SSSR count). The molecular formula is C11H23N3O. The van der Waals surface area contributed by atoms with Crippen LogP contribution < -0.4 is 16.0 Å². The van der Waals surface area contributed by atoms with E-state index < -0.39 is 5.60 Å². The number of aliphatic hydroxyl groups is 1.